The van der Waals surface area contributed by atoms with E-state index in [-0.39, 0.29) is 11.5 Å². The van der Waals surface area contributed by atoms with Gasteiger partial charge in [0.15, 0.2) is 11.5 Å². The van der Waals surface area contributed by atoms with Crippen LogP contribution in [0.5, 0.6) is 11.5 Å². The monoisotopic (exact) mass is 231 g/mol. The molecule has 0 saturated carbocycles. The summed E-state index contributed by atoms with van der Waals surface area (Å²) in [5.74, 6) is -0.179. The van der Waals surface area contributed by atoms with Crippen LogP contribution in [0.1, 0.15) is 5.56 Å². The summed E-state index contributed by atoms with van der Waals surface area (Å²) in [7, 11) is -0.611. The molecule has 0 bridgehead atoms. The molecule has 0 aliphatic rings. The number of benzene rings is 1. The summed E-state index contributed by atoms with van der Waals surface area (Å²) in [6, 6.07) is 4.71. The molecule has 0 atom stereocenters. The SMILES string of the molecule is CS(C)=O.NCCc1ccc(O)c(O)c1. The number of nitrogens with two attached hydrogens (primary N) is 1. The molecule has 0 radical (unpaired) electrons. The molecular formula is C10H17NO3S. The highest BCUT2D eigenvalue weighted by molar-refractivity contribution is 7.83. The van der Waals surface area contributed by atoms with Crippen molar-refractivity contribution in [3.63, 3.8) is 0 Å². The molecule has 15 heavy (non-hydrogen) atoms. The Morgan fingerprint density at radius 3 is 2.20 bits per heavy atom. The van der Waals surface area contributed by atoms with Crippen LogP contribution < -0.4 is 5.73 Å². The average molecular weight is 231 g/mol. The fourth-order valence-corrected chi connectivity index (χ4v) is 0.891. The van der Waals surface area contributed by atoms with Crippen LogP contribution in [0.2, 0.25) is 0 Å². The van der Waals surface area contributed by atoms with Gasteiger partial charge in [0, 0.05) is 23.3 Å². The van der Waals surface area contributed by atoms with Crippen LogP contribution in [0.25, 0.3) is 0 Å². The third-order valence-electron chi connectivity index (χ3n) is 1.47. The smallest absolute Gasteiger partial charge is 0.157 e. The Morgan fingerprint density at radius 1 is 1.27 bits per heavy atom. The minimum absolute atomic E-state index is 0.0871. The zero-order valence-corrected chi connectivity index (χ0v) is 9.75. The molecule has 0 heterocycles. The third-order valence-corrected chi connectivity index (χ3v) is 1.47. The molecule has 86 valence electrons. The first-order valence-electron chi connectivity index (χ1n) is 4.43. The Kier molecular flexibility index (Phi) is 6.73. The normalized spacial score (nSPS) is 9.60. The topological polar surface area (TPSA) is 83.6 Å². The van der Waals surface area contributed by atoms with Crippen LogP contribution in [0.3, 0.4) is 0 Å². The van der Waals surface area contributed by atoms with Crippen molar-refractivity contribution in [1.82, 2.24) is 0 Å². The Hall–Kier alpha value is -1.07. The van der Waals surface area contributed by atoms with Crippen LogP contribution in [-0.2, 0) is 17.2 Å². The number of phenols is 2. The van der Waals surface area contributed by atoms with E-state index in [0.29, 0.717) is 13.0 Å². The summed E-state index contributed by atoms with van der Waals surface area (Å²) in [6.45, 7) is 0.546. The van der Waals surface area contributed by atoms with Crippen LogP contribution >= 0.6 is 0 Å². The van der Waals surface area contributed by atoms with E-state index in [9.17, 15) is 4.21 Å². The summed E-state index contributed by atoms with van der Waals surface area (Å²) in [4.78, 5) is 0. The van der Waals surface area contributed by atoms with Crippen molar-refractivity contribution in [3.05, 3.63) is 23.8 Å². The van der Waals surface area contributed by atoms with Crippen molar-refractivity contribution in [3.8, 4) is 11.5 Å². The van der Waals surface area contributed by atoms with Gasteiger partial charge in [-0.3, -0.25) is 4.21 Å². The molecule has 0 spiro atoms. The number of aromatic hydroxyl groups is 2. The first-order valence-corrected chi connectivity index (χ1v) is 6.40. The maximum atomic E-state index is 9.56. The van der Waals surface area contributed by atoms with Crippen LogP contribution in [0.15, 0.2) is 18.2 Å². The minimum Gasteiger partial charge on any atom is -0.504 e. The summed E-state index contributed by atoms with van der Waals surface area (Å²) in [5, 5.41) is 18.0. The predicted molar refractivity (Wildman–Crippen MR) is 62.5 cm³/mol. The first kappa shape index (κ1) is 13.9. The van der Waals surface area contributed by atoms with E-state index in [4.69, 9.17) is 15.9 Å². The number of hydrogen-bond donors (Lipinski definition) is 3. The first-order chi connectivity index (χ1) is 6.97. The van der Waals surface area contributed by atoms with Gasteiger partial charge in [-0.25, -0.2) is 0 Å². The number of hydrogen-bond acceptors (Lipinski definition) is 4. The second-order valence-electron chi connectivity index (χ2n) is 3.10. The van der Waals surface area contributed by atoms with E-state index in [2.05, 4.69) is 0 Å². The van der Waals surface area contributed by atoms with Gasteiger partial charge in [0.2, 0.25) is 0 Å². The van der Waals surface area contributed by atoms with E-state index >= 15 is 0 Å². The van der Waals surface area contributed by atoms with Crippen LogP contribution in [-0.4, -0.2) is 33.5 Å². The predicted octanol–water partition coefficient (Wildman–Crippen LogP) is 0.594. The van der Waals surface area contributed by atoms with Crippen molar-refractivity contribution < 1.29 is 14.4 Å². The molecule has 4 nitrogen and oxygen atoms in total. The minimum atomic E-state index is -0.611. The Morgan fingerprint density at radius 2 is 1.80 bits per heavy atom. The molecular weight excluding hydrogens is 214 g/mol. The molecule has 1 aromatic carbocycles. The molecule has 0 aliphatic heterocycles. The fourth-order valence-electron chi connectivity index (χ4n) is 0.891. The van der Waals surface area contributed by atoms with Gasteiger partial charge >= 0.3 is 0 Å². The number of rotatable bonds is 2. The summed E-state index contributed by atoms with van der Waals surface area (Å²) < 4.78 is 9.56. The van der Waals surface area contributed by atoms with E-state index < -0.39 is 10.8 Å². The lowest BCUT2D eigenvalue weighted by Gasteiger charge is -2.00. The highest BCUT2D eigenvalue weighted by atomic mass is 32.2. The molecule has 1 rings (SSSR count). The molecule has 0 amide bonds. The van der Waals surface area contributed by atoms with Crippen molar-refractivity contribution in [2.24, 2.45) is 5.73 Å². The third kappa shape index (κ3) is 6.93. The van der Waals surface area contributed by atoms with Crippen molar-refractivity contribution in [1.29, 1.82) is 0 Å². The molecule has 5 heteroatoms. The van der Waals surface area contributed by atoms with Gasteiger partial charge < -0.3 is 15.9 Å². The standard InChI is InChI=1S/C8H11NO2.C2H6OS/c9-4-3-6-1-2-7(10)8(11)5-6;1-4(2)3/h1-2,5,10-11H,3-4,9H2;1-2H3. The zero-order chi connectivity index (χ0) is 11.8. The van der Waals surface area contributed by atoms with Crippen molar-refractivity contribution >= 4 is 10.8 Å². The highest BCUT2D eigenvalue weighted by Crippen LogP contribution is 2.24. The number of phenolic OH excluding ortho intramolecular Hbond substituents is 2. The average Bonchev–Trinajstić information content (AvgIpc) is 2.11. The van der Waals surface area contributed by atoms with Gasteiger partial charge in [-0.15, -0.1) is 0 Å². The van der Waals surface area contributed by atoms with E-state index in [1.807, 2.05) is 0 Å². The van der Waals surface area contributed by atoms with E-state index in [1.165, 1.54) is 12.1 Å². The molecule has 0 fully saturated rings. The van der Waals surface area contributed by atoms with E-state index in [1.54, 1.807) is 18.6 Å². The molecule has 0 aliphatic carbocycles. The molecule has 0 saturated heterocycles. The van der Waals surface area contributed by atoms with Crippen LogP contribution in [0, 0.1) is 0 Å². The quantitative estimate of drug-likeness (QED) is 0.651. The summed E-state index contributed by atoms with van der Waals surface area (Å²) >= 11 is 0. The van der Waals surface area contributed by atoms with Gasteiger partial charge in [0.1, 0.15) is 0 Å². The zero-order valence-electron chi connectivity index (χ0n) is 8.93. The highest BCUT2D eigenvalue weighted by Gasteiger charge is 1.98. The van der Waals surface area contributed by atoms with Gasteiger partial charge in [0.05, 0.1) is 0 Å². The largest absolute Gasteiger partial charge is 0.504 e. The molecule has 0 unspecified atom stereocenters. The second-order valence-corrected chi connectivity index (χ2v) is 4.59. The van der Waals surface area contributed by atoms with Gasteiger partial charge in [-0.05, 0) is 30.7 Å². The van der Waals surface area contributed by atoms with Crippen molar-refractivity contribution in [2.75, 3.05) is 19.1 Å². The Bertz CT molecular complexity index is 324. The maximum absolute atomic E-state index is 9.56. The second kappa shape index (κ2) is 7.25. The van der Waals surface area contributed by atoms with Gasteiger partial charge in [-0.1, -0.05) is 6.07 Å². The molecule has 0 aromatic heterocycles. The van der Waals surface area contributed by atoms with E-state index in [0.717, 1.165) is 5.56 Å². The van der Waals surface area contributed by atoms with Gasteiger partial charge in [0.25, 0.3) is 0 Å². The maximum Gasteiger partial charge on any atom is 0.157 e. The lowest BCUT2D eigenvalue weighted by Crippen LogP contribution is -2.02. The Balaban J connectivity index is 0.000000423. The molecule has 4 N–H and O–H groups in total. The van der Waals surface area contributed by atoms with Crippen molar-refractivity contribution in [2.45, 2.75) is 6.42 Å². The molecule has 1 aromatic rings. The lowest BCUT2D eigenvalue weighted by molar-refractivity contribution is 0.403. The fraction of sp³-hybridized carbons (Fsp3) is 0.400. The summed E-state index contributed by atoms with van der Waals surface area (Å²) in [6.07, 6.45) is 3.99. The lowest BCUT2D eigenvalue weighted by atomic mass is 10.1. The summed E-state index contributed by atoms with van der Waals surface area (Å²) in [5.41, 5.74) is 6.24. The van der Waals surface area contributed by atoms with Crippen LogP contribution in [0.4, 0.5) is 0 Å². The Labute approximate surface area is 92.2 Å². The van der Waals surface area contributed by atoms with Gasteiger partial charge in [-0.2, -0.15) is 0 Å².